The topological polar surface area (TPSA) is 74.5 Å². The SMILES string of the molecule is CCNC(=NCCCn1cc(C)cn1)NCCC(O)c1ccccc1.I. The maximum Gasteiger partial charge on any atom is 0.191 e. The molecule has 3 N–H and O–H groups in total. The lowest BCUT2D eigenvalue weighted by Gasteiger charge is -2.14. The van der Waals surface area contributed by atoms with E-state index in [1.165, 1.54) is 5.56 Å². The van der Waals surface area contributed by atoms with Crippen LogP contribution in [0.3, 0.4) is 0 Å². The number of hydrogen-bond donors (Lipinski definition) is 3. The molecule has 0 aliphatic heterocycles. The van der Waals surface area contributed by atoms with Gasteiger partial charge in [0.15, 0.2) is 5.96 Å². The van der Waals surface area contributed by atoms with Crippen LogP contribution in [0, 0.1) is 6.92 Å². The maximum atomic E-state index is 10.2. The van der Waals surface area contributed by atoms with E-state index in [4.69, 9.17) is 0 Å². The molecule has 0 radical (unpaired) electrons. The molecule has 26 heavy (non-hydrogen) atoms. The number of hydrogen-bond acceptors (Lipinski definition) is 3. The number of halogens is 1. The summed E-state index contributed by atoms with van der Waals surface area (Å²) in [6.45, 7) is 7.16. The first kappa shape index (κ1) is 22.4. The van der Waals surface area contributed by atoms with Crippen LogP contribution in [0.5, 0.6) is 0 Å². The van der Waals surface area contributed by atoms with E-state index in [9.17, 15) is 5.11 Å². The Morgan fingerprint density at radius 2 is 2.04 bits per heavy atom. The Kier molecular flexibility index (Phi) is 11.0. The number of aliphatic hydroxyl groups is 1. The van der Waals surface area contributed by atoms with Gasteiger partial charge in [0.05, 0.1) is 12.3 Å². The standard InChI is InChI=1S/C19H29N5O.HI/c1-3-20-19(21-11-7-13-24-15-16(2)14-23-24)22-12-10-18(25)17-8-5-4-6-9-17;/h4-6,8-9,14-15,18,25H,3,7,10-13H2,1-2H3,(H2,20,21,22);1H. The molecule has 1 aromatic heterocycles. The molecule has 0 bridgehead atoms. The van der Waals surface area contributed by atoms with Gasteiger partial charge >= 0.3 is 0 Å². The first-order valence-electron chi connectivity index (χ1n) is 8.93. The zero-order valence-electron chi connectivity index (χ0n) is 15.6. The largest absolute Gasteiger partial charge is 0.388 e. The molecule has 0 aliphatic rings. The van der Waals surface area contributed by atoms with Gasteiger partial charge in [-0.3, -0.25) is 9.67 Å². The van der Waals surface area contributed by atoms with Crippen molar-refractivity contribution in [2.45, 2.75) is 39.3 Å². The molecule has 0 aliphatic carbocycles. The zero-order valence-corrected chi connectivity index (χ0v) is 17.9. The lowest BCUT2D eigenvalue weighted by Crippen LogP contribution is -2.38. The lowest BCUT2D eigenvalue weighted by molar-refractivity contribution is 0.168. The minimum absolute atomic E-state index is 0. The number of nitrogens with zero attached hydrogens (tertiary/aromatic N) is 3. The summed E-state index contributed by atoms with van der Waals surface area (Å²) in [5, 5.41) is 21.0. The van der Waals surface area contributed by atoms with Crippen molar-refractivity contribution in [3.8, 4) is 0 Å². The molecule has 0 saturated carbocycles. The van der Waals surface area contributed by atoms with E-state index >= 15 is 0 Å². The molecule has 0 fully saturated rings. The van der Waals surface area contributed by atoms with Gasteiger partial charge in [-0.25, -0.2) is 0 Å². The average molecular weight is 471 g/mol. The van der Waals surface area contributed by atoms with Crippen LogP contribution in [0.2, 0.25) is 0 Å². The fourth-order valence-electron chi connectivity index (χ4n) is 2.52. The van der Waals surface area contributed by atoms with Gasteiger partial charge in [-0.1, -0.05) is 30.3 Å². The quantitative estimate of drug-likeness (QED) is 0.228. The summed E-state index contributed by atoms with van der Waals surface area (Å²) in [7, 11) is 0. The number of aliphatic hydroxyl groups excluding tert-OH is 1. The molecule has 2 aromatic rings. The van der Waals surface area contributed by atoms with Crippen LogP contribution in [0.1, 0.15) is 37.0 Å². The summed E-state index contributed by atoms with van der Waals surface area (Å²) in [5.41, 5.74) is 2.12. The van der Waals surface area contributed by atoms with Gasteiger partial charge in [0.25, 0.3) is 0 Å². The van der Waals surface area contributed by atoms with E-state index in [1.807, 2.05) is 61.3 Å². The van der Waals surface area contributed by atoms with Crippen molar-refractivity contribution in [3.63, 3.8) is 0 Å². The zero-order chi connectivity index (χ0) is 17.9. The van der Waals surface area contributed by atoms with Crippen LogP contribution in [-0.2, 0) is 6.54 Å². The van der Waals surface area contributed by atoms with E-state index in [1.54, 1.807) is 0 Å². The molecule has 0 saturated heterocycles. The Morgan fingerprint density at radius 3 is 2.69 bits per heavy atom. The van der Waals surface area contributed by atoms with Crippen molar-refractivity contribution in [1.29, 1.82) is 0 Å². The third-order valence-corrected chi connectivity index (χ3v) is 3.82. The molecule has 0 amide bonds. The number of aliphatic imine (C=N–C) groups is 1. The summed E-state index contributed by atoms with van der Waals surface area (Å²) >= 11 is 0. The van der Waals surface area contributed by atoms with Gasteiger partial charge < -0.3 is 15.7 Å². The van der Waals surface area contributed by atoms with Crippen LogP contribution >= 0.6 is 24.0 Å². The summed E-state index contributed by atoms with van der Waals surface area (Å²) in [6.07, 6.45) is 5.02. The Hall–Kier alpha value is -1.61. The van der Waals surface area contributed by atoms with Crippen molar-refractivity contribution in [3.05, 3.63) is 53.9 Å². The van der Waals surface area contributed by atoms with E-state index in [-0.39, 0.29) is 24.0 Å². The van der Waals surface area contributed by atoms with Crippen molar-refractivity contribution < 1.29 is 5.11 Å². The van der Waals surface area contributed by atoms with Gasteiger partial charge in [0, 0.05) is 32.4 Å². The Bertz CT molecular complexity index is 644. The smallest absolute Gasteiger partial charge is 0.191 e. The molecule has 6 nitrogen and oxygen atoms in total. The van der Waals surface area contributed by atoms with E-state index in [2.05, 4.69) is 20.7 Å². The number of rotatable bonds is 9. The fraction of sp³-hybridized carbons (Fsp3) is 0.474. The molecule has 1 heterocycles. The predicted molar refractivity (Wildman–Crippen MR) is 117 cm³/mol. The second-order valence-electron chi connectivity index (χ2n) is 6.04. The van der Waals surface area contributed by atoms with Gasteiger partial charge in [0.2, 0.25) is 0 Å². The highest BCUT2D eigenvalue weighted by Gasteiger charge is 2.06. The van der Waals surface area contributed by atoms with Gasteiger partial charge in [-0.2, -0.15) is 5.10 Å². The molecule has 1 aromatic carbocycles. The monoisotopic (exact) mass is 471 g/mol. The first-order valence-corrected chi connectivity index (χ1v) is 8.93. The third-order valence-electron chi connectivity index (χ3n) is 3.82. The van der Waals surface area contributed by atoms with Gasteiger partial charge in [-0.15, -0.1) is 24.0 Å². The normalized spacial score (nSPS) is 12.3. The second-order valence-corrected chi connectivity index (χ2v) is 6.04. The van der Waals surface area contributed by atoms with E-state index < -0.39 is 6.10 Å². The highest BCUT2D eigenvalue weighted by Crippen LogP contribution is 2.14. The van der Waals surface area contributed by atoms with Crippen LogP contribution in [0.15, 0.2) is 47.7 Å². The molecule has 1 atom stereocenters. The average Bonchev–Trinajstić information content (AvgIpc) is 3.04. The van der Waals surface area contributed by atoms with Crippen LogP contribution < -0.4 is 10.6 Å². The highest BCUT2D eigenvalue weighted by molar-refractivity contribution is 14.0. The minimum Gasteiger partial charge on any atom is -0.388 e. The summed E-state index contributed by atoms with van der Waals surface area (Å²) < 4.78 is 1.95. The van der Waals surface area contributed by atoms with Crippen molar-refractivity contribution >= 4 is 29.9 Å². The molecular weight excluding hydrogens is 441 g/mol. The first-order chi connectivity index (χ1) is 12.2. The fourth-order valence-corrected chi connectivity index (χ4v) is 2.52. The predicted octanol–water partition coefficient (Wildman–Crippen LogP) is 2.88. The molecule has 0 spiro atoms. The number of benzene rings is 1. The van der Waals surface area contributed by atoms with E-state index in [0.717, 1.165) is 37.6 Å². The number of guanidine groups is 1. The number of aromatic nitrogens is 2. The van der Waals surface area contributed by atoms with Gasteiger partial charge in [0.1, 0.15) is 0 Å². The van der Waals surface area contributed by atoms with Crippen LogP contribution in [0.4, 0.5) is 0 Å². The highest BCUT2D eigenvalue weighted by atomic mass is 127. The van der Waals surface area contributed by atoms with Crippen LogP contribution in [-0.4, -0.2) is 40.5 Å². The third kappa shape index (κ3) is 8.18. The van der Waals surface area contributed by atoms with Gasteiger partial charge in [-0.05, 0) is 37.8 Å². The lowest BCUT2D eigenvalue weighted by atomic mass is 10.1. The molecular formula is C19H30IN5O. The maximum absolute atomic E-state index is 10.2. The minimum atomic E-state index is -0.459. The molecule has 1 unspecified atom stereocenters. The Morgan fingerprint density at radius 1 is 1.27 bits per heavy atom. The number of aryl methyl sites for hydroxylation is 2. The number of nitrogens with one attached hydrogen (secondary N) is 2. The van der Waals surface area contributed by atoms with Crippen molar-refractivity contribution in [2.75, 3.05) is 19.6 Å². The summed E-state index contributed by atoms with van der Waals surface area (Å²) in [5.74, 6) is 0.791. The van der Waals surface area contributed by atoms with Crippen molar-refractivity contribution in [2.24, 2.45) is 4.99 Å². The Labute approximate surface area is 173 Å². The second kappa shape index (κ2) is 12.7. The summed E-state index contributed by atoms with van der Waals surface area (Å²) in [4.78, 5) is 4.58. The van der Waals surface area contributed by atoms with Crippen molar-refractivity contribution in [1.82, 2.24) is 20.4 Å². The molecule has 7 heteroatoms. The molecule has 144 valence electrons. The summed E-state index contributed by atoms with van der Waals surface area (Å²) in [6, 6.07) is 9.73. The molecule has 2 rings (SSSR count). The van der Waals surface area contributed by atoms with Crippen LogP contribution in [0.25, 0.3) is 0 Å². The Balaban J connectivity index is 0.00000338. The van der Waals surface area contributed by atoms with E-state index in [0.29, 0.717) is 13.0 Å².